The molecule has 4 nitrogen and oxygen atoms in total. The van der Waals surface area contributed by atoms with Crippen LogP contribution < -0.4 is 0 Å². The van der Waals surface area contributed by atoms with E-state index in [-0.39, 0.29) is 12.3 Å². The summed E-state index contributed by atoms with van der Waals surface area (Å²) < 4.78 is 12.5. The van der Waals surface area contributed by atoms with Gasteiger partial charge in [0.05, 0.1) is 0 Å². The number of ether oxygens (including phenoxy) is 2. The van der Waals surface area contributed by atoms with Crippen LogP contribution in [0.5, 0.6) is 0 Å². The molecule has 1 atom stereocenters. The molecule has 4 heteroatoms. The summed E-state index contributed by atoms with van der Waals surface area (Å²) in [6, 6.07) is 10.0. The number of carboxylic acids is 1. The minimum absolute atomic E-state index is 0.0158. The number of unbranched alkanes of at least 4 members (excludes halogenated alkanes) is 5. The molecular weight excluding hydrogens is 340 g/mol. The molecular formula is C23H38O4. The lowest BCUT2D eigenvalue weighted by Gasteiger charge is -2.40. The molecule has 0 aliphatic heterocycles. The summed E-state index contributed by atoms with van der Waals surface area (Å²) >= 11 is 0. The van der Waals surface area contributed by atoms with Crippen LogP contribution in [0.15, 0.2) is 30.3 Å². The van der Waals surface area contributed by atoms with E-state index in [1.165, 1.54) is 32.1 Å². The predicted molar refractivity (Wildman–Crippen MR) is 110 cm³/mol. The third kappa shape index (κ3) is 8.02. The van der Waals surface area contributed by atoms with E-state index in [1.807, 2.05) is 44.2 Å². The maximum absolute atomic E-state index is 11.2. The van der Waals surface area contributed by atoms with Gasteiger partial charge in [-0.25, -0.2) is 0 Å². The number of benzene rings is 1. The van der Waals surface area contributed by atoms with Gasteiger partial charge in [0.1, 0.15) is 0 Å². The standard InChI is InChI=1S/C23H38O4/c1-4-7-8-9-10-12-17-21(18-19-22(24)25)23(26-5-2,27-6-3)20-15-13-11-14-16-20/h11,13-16,21H,4-10,12,17-19H2,1-3H3,(H,24,25). The second-order valence-electron chi connectivity index (χ2n) is 7.09. The summed E-state index contributed by atoms with van der Waals surface area (Å²) in [6.45, 7) is 7.20. The zero-order valence-electron chi connectivity index (χ0n) is 17.4. The lowest BCUT2D eigenvalue weighted by atomic mass is 9.83. The summed E-state index contributed by atoms with van der Waals surface area (Å²) in [5, 5.41) is 9.25. The molecule has 1 aromatic carbocycles. The lowest BCUT2D eigenvalue weighted by Crippen LogP contribution is -2.41. The van der Waals surface area contributed by atoms with Gasteiger partial charge in [-0.15, -0.1) is 0 Å². The van der Waals surface area contributed by atoms with Gasteiger partial charge in [0.2, 0.25) is 0 Å². The summed E-state index contributed by atoms with van der Waals surface area (Å²) in [5.74, 6) is -1.62. The Morgan fingerprint density at radius 1 is 0.926 bits per heavy atom. The molecule has 0 spiro atoms. The van der Waals surface area contributed by atoms with Crippen molar-refractivity contribution in [2.24, 2.45) is 5.92 Å². The molecule has 0 radical (unpaired) electrons. The van der Waals surface area contributed by atoms with Crippen molar-refractivity contribution >= 4 is 5.97 Å². The Balaban J connectivity index is 2.99. The van der Waals surface area contributed by atoms with Crippen molar-refractivity contribution < 1.29 is 19.4 Å². The van der Waals surface area contributed by atoms with E-state index in [4.69, 9.17) is 9.47 Å². The first-order chi connectivity index (χ1) is 13.1. The van der Waals surface area contributed by atoms with E-state index in [0.29, 0.717) is 19.6 Å². The maximum atomic E-state index is 11.2. The first-order valence-corrected chi connectivity index (χ1v) is 10.7. The largest absolute Gasteiger partial charge is 0.481 e. The highest BCUT2D eigenvalue weighted by Gasteiger charge is 2.42. The van der Waals surface area contributed by atoms with Gasteiger partial charge in [0.15, 0.2) is 5.79 Å². The third-order valence-corrected chi connectivity index (χ3v) is 5.04. The van der Waals surface area contributed by atoms with Crippen LogP contribution in [0.2, 0.25) is 0 Å². The van der Waals surface area contributed by atoms with Gasteiger partial charge in [0, 0.05) is 31.1 Å². The van der Waals surface area contributed by atoms with Crippen LogP contribution in [-0.4, -0.2) is 24.3 Å². The lowest BCUT2D eigenvalue weighted by molar-refractivity contribution is -0.277. The normalized spacial score (nSPS) is 12.9. The van der Waals surface area contributed by atoms with Gasteiger partial charge in [-0.1, -0.05) is 75.8 Å². The first kappa shape index (κ1) is 23.6. The summed E-state index contributed by atoms with van der Waals surface area (Å²) in [6.07, 6.45) is 8.89. The van der Waals surface area contributed by atoms with E-state index in [0.717, 1.165) is 18.4 Å². The second-order valence-corrected chi connectivity index (χ2v) is 7.09. The fraction of sp³-hybridized carbons (Fsp3) is 0.696. The van der Waals surface area contributed by atoms with E-state index >= 15 is 0 Å². The Morgan fingerprint density at radius 2 is 1.52 bits per heavy atom. The van der Waals surface area contributed by atoms with E-state index < -0.39 is 11.8 Å². The molecule has 1 aromatic rings. The first-order valence-electron chi connectivity index (χ1n) is 10.7. The fourth-order valence-corrected chi connectivity index (χ4v) is 3.77. The SMILES string of the molecule is CCCCCCCCC(CCC(=O)O)C(OCC)(OCC)c1ccccc1. The van der Waals surface area contributed by atoms with E-state index in [1.54, 1.807) is 0 Å². The van der Waals surface area contributed by atoms with Gasteiger partial charge in [-0.05, 0) is 26.7 Å². The molecule has 0 saturated carbocycles. The predicted octanol–water partition coefficient (Wildman–Crippen LogP) is 6.14. The molecule has 1 N–H and O–H groups in total. The van der Waals surface area contributed by atoms with Crippen LogP contribution in [-0.2, 0) is 20.1 Å². The Labute approximate surface area is 165 Å². The van der Waals surface area contributed by atoms with Gasteiger partial charge < -0.3 is 14.6 Å². The van der Waals surface area contributed by atoms with Crippen molar-refractivity contribution in [1.82, 2.24) is 0 Å². The average Bonchev–Trinajstić information content (AvgIpc) is 2.67. The number of hydrogen-bond acceptors (Lipinski definition) is 3. The molecule has 0 fully saturated rings. The molecule has 0 aliphatic carbocycles. The molecule has 1 rings (SSSR count). The molecule has 0 amide bonds. The van der Waals surface area contributed by atoms with Crippen molar-refractivity contribution in [1.29, 1.82) is 0 Å². The maximum Gasteiger partial charge on any atom is 0.303 e. The number of hydrogen-bond donors (Lipinski definition) is 1. The minimum Gasteiger partial charge on any atom is -0.481 e. The number of carboxylic acid groups (broad SMARTS) is 1. The van der Waals surface area contributed by atoms with Crippen molar-refractivity contribution in [2.75, 3.05) is 13.2 Å². The van der Waals surface area contributed by atoms with Crippen molar-refractivity contribution in [3.8, 4) is 0 Å². The number of carbonyl (C=O) groups is 1. The molecule has 0 bridgehead atoms. The minimum atomic E-state index is -0.871. The van der Waals surface area contributed by atoms with Crippen LogP contribution in [0.1, 0.15) is 84.1 Å². The molecule has 154 valence electrons. The van der Waals surface area contributed by atoms with Crippen molar-refractivity contribution in [3.05, 3.63) is 35.9 Å². The van der Waals surface area contributed by atoms with Crippen LogP contribution >= 0.6 is 0 Å². The van der Waals surface area contributed by atoms with Crippen molar-refractivity contribution in [3.63, 3.8) is 0 Å². The molecule has 27 heavy (non-hydrogen) atoms. The monoisotopic (exact) mass is 378 g/mol. The Morgan fingerprint density at radius 3 is 2.07 bits per heavy atom. The third-order valence-electron chi connectivity index (χ3n) is 5.04. The molecule has 1 unspecified atom stereocenters. The van der Waals surface area contributed by atoms with Crippen LogP contribution in [0.25, 0.3) is 0 Å². The summed E-state index contributed by atoms with van der Waals surface area (Å²) in [4.78, 5) is 11.2. The van der Waals surface area contributed by atoms with E-state index in [2.05, 4.69) is 6.92 Å². The smallest absolute Gasteiger partial charge is 0.303 e. The molecule has 0 aromatic heterocycles. The Hall–Kier alpha value is -1.39. The summed E-state index contributed by atoms with van der Waals surface area (Å²) in [7, 11) is 0. The quantitative estimate of drug-likeness (QED) is 0.277. The fourth-order valence-electron chi connectivity index (χ4n) is 3.77. The van der Waals surface area contributed by atoms with Gasteiger partial charge >= 0.3 is 5.97 Å². The van der Waals surface area contributed by atoms with Crippen molar-refractivity contribution in [2.45, 2.75) is 84.3 Å². The highest BCUT2D eigenvalue weighted by molar-refractivity contribution is 5.66. The van der Waals surface area contributed by atoms with Gasteiger partial charge in [-0.3, -0.25) is 4.79 Å². The Kier molecular flexibility index (Phi) is 12.0. The topological polar surface area (TPSA) is 55.8 Å². The Bertz CT molecular complexity index is 494. The zero-order valence-corrected chi connectivity index (χ0v) is 17.4. The average molecular weight is 379 g/mol. The van der Waals surface area contributed by atoms with Gasteiger partial charge in [-0.2, -0.15) is 0 Å². The van der Waals surface area contributed by atoms with Gasteiger partial charge in [0.25, 0.3) is 0 Å². The van der Waals surface area contributed by atoms with Crippen LogP contribution in [0.4, 0.5) is 0 Å². The van der Waals surface area contributed by atoms with Crippen LogP contribution in [0, 0.1) is 5.92 Å². The molecule has 0 saturated heterocycles. The molecule has 0 aliphatic rings. The zero-order chi connectivity index (χ0) is 20.0. The molecule has 0 heterocycles. The second kappa shape index (κ2) is 13.7. The highest BCUT2D eigenvalue weighted by Crippen LogP contribution is 2.41. The highest BCUT2D eigenvalue weighted by atomic mass is 16.7. The van der Waals surface area contributed by atoms with Crippen LogP contribution in [0.3, 0.4) is 0 Å². The summed E-state index contributed by atoms with van der Waals surface area (Å²) in [5.41, 5.74) is 0.982. The van der Waals surface area contributed by atoms with E-state index in [9.17, 15) is 9.90 Å². The number of rotatable bonds is 16. The number of aliphatic carboxylic acids is 1.